The molecule has 0 heterocycles. The Morgan fingerprint density at radius 3 is 2.29 bits per heavy atom. The highest BCUT2D eigenvalue weighted by atomic mass is 35.5. The summed E-state index contributed by atoms with van der Waals surface area (Å²) in [6, 6.07) is 8.02. The zero-order valence-electron chi connectivity index (χ0n) is 13.6. The standard InChI is InChI=1S/C17H26ClNO2/c1-6-11-19(16(20)21-17(3,4)5)13(2)15-9-7-14(12-18)8-10-15/h7-10,13H,6,11-12H2,1-5H3. The summed E-state index contributed by atoms with van der Waals surface area (Å²) < 4.78 is 5.51. The molecular weight excluding hydrogens is 286 g/mol. The van der Waals surface area contributed by atoms with Crippen LogP contribution in [0.25, 0.3) is 0 Å². The zero-order chi connectivity index (χ0) is 16.0. The molecule has 0 saturated carbocycles. The third kappa shape index (κ3) is 5.58. The number of amides is 1. The molecule has 1 atom stereocenters. The van der Waals surface area contributed by atoms with Crippen molar-refractivity contribution in [3.05, 3.63) is 35.4 Å². The van der Waals surface area contributed by atoms with Gasteiger partial charge in [0.1, 0.15) is 5.60 Å². The number of hydrogen-bond acceptors (Lipinski definition) is 2. The Bertz CT molecular complexity index is 451. The van der Waals surface area contributed by atoms with E-state index >= 15 is 0 Å². The summed E-state index contributed by atoms with van der Waals surface area (Å²) >= 11 is 5.81. The van der Waals surface area contributed by atoms with Gasteiger partial charge in [-0.25, -0.2) is 4.79 Å². The van der Waals surface area contributed by atoms with Gasteiger partial charge < -0.3 is 9.64 Å². The van der Waals surface area contributed by atoms with E-state index in [1.807, 2.05) is 52.0 Å². The second-order valence-corrected chi connectivity index (χ2v) is 6.49. The second-order valence-electron chi connectivity index (χ2n) is 6.22. The van der Waals surface area contributed by atoms with E-state index in [4.69, 9.17) is 16.3 Å². The van der Waals surface area contributed by atoms with E-state index in [0.717, 1.165) is 17.5 Å². The van der Waals surface area contributed by atoms with Crippen LogP contribution < -0.4 is 0 Å². The number of nitrogens with zero attached hydrogens (tertiary/aromatic N) is 1. The second kappa shape index (κ2) is 7.69. The first-order valence-electron chi connectivity index (χ1n) is 7.43. The minimum atomic E-state index is -0.481. The van der Waals surface area contributed by atoms with E-state index in [9.17, 15) is 4.79 Å². The predicted molar refractivity (Wildman–Crippen MR) is 87.6 cm³/mol. The smallest absolute Gasteiger partial charge is 0.410 e. The maximum atomic E-state index is 12.4. The van der Waals surface area contributed by atoms with Gasteiger partial charge in [-0.15, -0.1) is 11.6 Å². The third-order valence-corrected chi connectivity index (χ3v) is 3.49. The van der Waals surface area contributed by atoms with Gasteiger partial charge in [0.15, 0.2) is 0 Å². The van der Waals surface area contributed by atoms with Crippen molar-refractivity contribution in [2.24, 2.45) is 0 Å². The Morgan fingerprint density at radius 1 is 1.29 bits per heavy atom. The minimum absolute atomic E-state index is 0.0239. The first-order valence-corrected chi connectivity index (χ1v) is 7.96. The fraction of sp³-hybridized carbons (Fsp3) is 0.588. The van der Waals surface area contributed by atoms with E-state index in [2.05, 4.69) is 6.92 Å². The van der Waals surface area contributed by atoms with Crippen LogP contribution in [0.5, 0.6) is 0 Å². The van der Waals surface area contributed by atoms with Crippen molar-refractivity contribution in [3.8, 4) is 0 Å². The average molecular weight is 312 g/mol. The van der Waals surface area contributed by atoms with Gasteiger partial charge in [0.2, 0.25) is 0 Å². The van der Waals surface area contributed by atoms with Crippen LogP contribution in [0.1, 0.15) is 58.2 Å². The summed E-state index contributed by atoms with van der Waals surface area (Å²) in [5, 5.41) is 0. The van der Waals surface area contributed by atoms with Crippen LogP contribution in [0.4, 0.5) is 4.79 Å². The highest BCUT2D eigenvalue weighted by Gasteiger charge is 2.26. The van der Waals surface area contributed by atoms with Gasteiger partial charge in [-0.3, -0.25) is 0 Å². The first-order chi connectivity index (χ1) is 9.78. The monoisotopic (exact) mass is 311 g/mol. The van der Waals surface area contributed by atoms with Crippen molar-refractivity contribution in [2.75, 3.05) is 6.54 Å². The molecule has 0 fully saturated rings. The quantitative estimate of drug-likeness (QED) is 0.705. The van der Waals surface area contributed by atoms with Crippen LogP contribution in [0.3, 0.4) is 0 Å². The van der Waals surface area contributed by atoms with Crippen LogP contribution in [-0.2, 0) is 10.6 Å². The largest absolute Gasteiger partial charge is 0.444 e. The van der Waals surface area contributed by atoms with Crippen molar-refractivity contribution in [3.63, 3.8) is 0 Å². The lowest BCUT2D eigenvalue weighted by Gasteiger charge is -2.32. The number of hydrogen-bond donors (Lipinski definition) is 0. The van der Waals surface area contributed by atoms with E-state index in [1.54, 1.807) is 4.90 Å². The molecular formula is C17H26ClNO2. The predicted octanol–water partition coefficient (Wildman–Crippen LogP) is 5.13. The van der Waals surface area contributed by atoms with Crippen LogP contribution in [-0.4, -0.2) is 23.1 Å². The molecule has 118 valence electrons. The summed E-state index contributed by atoms with van der Waals surface area (Å²) in [7, 11) is 0. The summed E-state index contributed by atoms with van der Waals surface area (Å²) in [5.74, 6) is 0.499. The molecule has 0 N–H and O–H groups in total. The average Bonchev–Trinajstić information content (AvgIpc) is 2.42. The van der Waals surface area contributed by atoms with Crippen molar-refractivity contribution < 1.29 is 9.53 Å². The van der Waals surface area contributed by atoms with Gasteiger partial charge >= 0.3 is 6.09 Å². The van der Waals surface area contributed by atoms with E-state index in [-0.39, 0.29) is 12.1 Å². The highest BCUT2D eigenvalue weighted by molar-refractivity contribution is 6.17. The molecule has 0 saturated heterocycles. The molecule has 0 aliphatic heterocycles. The molecule has 1 amide bonds. The van der Waals surface area contributed by atoms with Crippen molar-refractivity contribution in [1.82, 2.24) is 4.90 Å². The molecule has 0 aliphatic carbocycles. The topological polar surface area (TPSA) is 29.5 Å². The molecule has 0 bridgehead atoms. The summed E-state index contributed by atoms with van der Waals surface area (Å²) in [6.07, 6.45) is 0.627. The first kappa shape index (κ1) is 17.8. The van der Waals surface area contributed by atoms with Gasteiger partial charge in [0, 0.05) is 12.4 Å². The molecule has 0 aromatic heterocycles. The fourth-order valence-corrected chi connectivity index (χ4v) is 2.25. The van der Waals surface area contributed by atoms with E-state index in [1.165, 1.54) is 0 Å². The van der Waals surface area contributed by atoms with Crippen LogP contribution in [0, 0.1) is 0 Å². The van der Waals surface area contributed by atoms with Gasteiger partial charge in [-0.1, -0.05) is 31.2 Å². The lowest BCUT2D eigenvalue weighted by atomic mass is 10.1. The van der Waals surface area contributed by atoms with Crippen LogP contribution in [0.15, 0.2) is 24.3 Å². The maximum Gasteiger partial charge on any atom is 0.410 e. The molecule has 3 nitrogen and oxygen atoms in total. The SMILES string of the molecule is CCCN(C(=O)OC(C)(C)C)C(C)c1ccc(CCl)cc1. The fourth-order valence-electron chi connectivity index (χ4n) is 2.07. The lowest BCUT2D eigenvalue weighted by Crippen LogP contribution is -2.38. The van der Waals surface area contributed by atoms with Gasteiger partial charge in [0.25, 0.3) is 0 Å². The van der Waals surface area contributed by atoms with Gasteiger partial charge in [-0.2, -0.15) is 0 Å². The number of ether oxygens (including phenoxy) is 1. The van der Waals surface area contributed by atoms with Crippen molar-refractivity contribution >= 4 is 17.7 Å². The summed E-state index contributed by atoms with van der Waals surface area (Å²) in [5.41, 5.74) is 1.68. The third-order valence-electron chi connectivity index (χ3n) is 3.18. The van der Waals surface area contributed by atoms with E-state index in [0.29, 0.717) is 12.4 Å². The summed E-state index contributed by atoms with van der Waals surface area (Å²) in [4.78, 5) is 14.1. The molecule has 0 aliphatic rings. The molecule has 1 aromatic carbocycles. The number of halogens is 1. The molecule has 1 rings (SSSR count). The van der Waals surface area contributed by atoms with Crippen molar-refractivity contribution in [1.29, 1.82) is 0 Å². The Kier molecular flexibility index (Phi) is 6.53. The van der Waals surface area contributed by atoms with Gasteiger partial charge in [-0.05, 0) is 45.2 Å². The number of carbonyl (C=O) groups is 1. The number of carbonyl (C=O) groups excluding carboxylic acids is 1. The molecule has 4 heteroatoms. The molecule has 0 spiro atoms. The molecule has 1 unspecified atom stereocenters. The van der Waals surface area contributed by atoms with Gasteiger partial charge in [0.05, 0.1) is 6.04 Å². The Labute approximate surface area is 133 Å². The molecule has 0 radical (unpaired) electrons. The minimum Gasteiger partial charge on any atom is -0.444 e. The lowest BCUT2D eigenvalue weighted by molar-refractivity contribution is 0.0173. The highest BCUT2D eigenvalue weighted by Crippen LogP contribution is 2.23. The Morgan fingerprint density at radius 2 is 1.86 bits per heavy atom. The van der Waals surface area contributed by atoms with Crippen LogP contribution >= 0.6 is 11.6 Å². The zero-order valence-corrected chi connectivity index (χ0v) is 14.4. The number of rotatable bonds is 5. The maximum absolute atomic E-state index is 12.4. The Balaban J connectivity index is 2.89. The molecule has 21 heavy (non-hydrogen) atoms. The van der Waals surface area contributed by atoms with E-state index < -0.39 is 5.60 Å². The summed E-state index contributed by atoms with van der Waals surface area (Å²) in [6.45, 7) is 10.4. The Hall–Kier alpha value is -1.22. The van der Waals surface area contributed by atoms with Crippen LogP contribution in [0.2, 0.25) is 0 Å². The van der Waals surface area contributed by atoms with Crippen molar-refractivity contribution in [2.45, 2.75) is 58.6 Å². The number of benzene rings is 1. The molecule has 1 aromatic rings. The number of alkyl halides is 1. The normalized spacial score (nSPS) is 12.9.